The van der Waals surface area contributed by atoms with E-state index in [1.165, 1.54) is 5.56 Å². The zero-order valence-corrected chi connectivity index (χ0v) is 26.9. The monoisotopic (exact) mass is 495 g/mol. The van der Waals surface area contributed by atoms with E-state index in [2.05, 4.69) is 131 Å². The maximum atomic E-state index is 6.96. The fourth-order valence-electron chi connectivity index (χ4n) is 2.57. The van der Waals surface area contributed by atoms with Gasteiger partial charge in [-0.15, -0.1) is 0 Å². The van der Waals surface area contributed by atoms with Gasteiger partial charge in [0.1, 0.15) is 14.0 Å². The fraction of sp³-hybridized carbons (Fsp3) is 0.769. The van der Waals surface area contributed by atoms with Crippen molar-refractivity contribution in [1.29, 1.82) is 0 Å². The van der Waals surface area contributed by atoms with Gasteiger partial charge in [0.25, 0.3) is 0 Å². The summed E-state index contributed by atoms with van der Waals surface area (Å²) < 4.78 is 13.5. The second kappa shape index (κ2) is 9.68. The molecule has 0 aliphatic carbocycles. The molecule has 0 bridgehead atoms. The van der Waals surface area contributed by atoms with E-state index < -0.39 is 24.9 Å². The van der Waals surface area contributed by atoms with Crippen LogP contribution >= 0.6 is 0 Å². The van der Waals surface area contributed by atoms with Gasteiger partial charge in [-0.3, -0.25) is 0 Å². The molecule has 1 atom stereocenters. The predicted molar refractivity (Wildman–Crippen MR) is 150 cm³/mol. The van der Waals surface area contributed by atoms with Crippen LogP contribution in [0.3, 0.4) is 0 Å². The first-order valence-electron chi connectivity index (χ1n) is 12.2. The predicted octanol–water partition coefficient (Wildman–Crippen LogP) is 8.73. The first-order chi connectivity index (χ1) is 14.0. The molecule has 1 N–H and O–H groups in total. The Morgan fingerprint density at radius 1 is 0.688 bits per heavy atom. The molecule has 0 fully saturated rings. The zero-order valence-electron chi connectivity index (χ0n) is 23.9. The van der Waals surface area contributed by atoms with Crippen LogP contribution < -0.4 is 9.41 Å². The van der Waals surface area contributed by atoms with Gasteiger partial charge in [-0.05, 0) is 59.0 Å². The molecule has 0 radical (unpaired) electrons. The molecule has 0 spiro atoms. The van der Waals surface area contributed by atoms with E-state index in [-0.39, 0.29) is 21.2 Å². The van der Waals surface area contributed by atoms with Crippen molar-refractivity contribution < 1.29 is 8.85 Å². The van der Waals surface area contributed by atoms with E-state index in [9.17, 15) is 0 Å². The van der Waals surface area contributed by atoms with Crippen LogP contribution in [-0.4, -0.2) is 31.4 Å². The number of hydrogen-bond donors (Lipinski definition) is 1. The van der Waals surface area contributed by atoms with Crippen molar-refractivity contribution in [1.82, 2.24) is 4.98 Å². The van der Waals surface area contributed by atoms with Gasteiger partial charge < -0.3 is 13.8 Å². The third-order valence-electron chi connectivity index (χ3n) is 8.28. The normalized spacial score (nSPS) is 15.6. The Hall–Kier alpha value is -0.409. The molecule has 0 aromatic heterocycles. The summed E-state index contributed by atoms with van der Waals surface area (Å²) >= 11 is 0. The summed E-state index contributed by atoms with van der Waals surface area (Å²) in [5.41, 5.74) is 1.24. The third kappa shape index (κ3) is 7.55. The van der Waals surface area contributed by atoms with Gasteiger partial charge in [0.2, 0.25) is 8.32 Å². The molecule has 3 nitrogen and oxygen atoms in total. The van der Waals surface area contributed by atoms with E-state index in [1.54, 1.807) is 0 Å². The summed E-state index contributed by atoms with van der Waals surface area (Å²) in [7, 11) is -5.38. The molecule has 1 aromatic carbocycles. The van der Waals surface area contributed by atoms with E-state index in [0.717, 1.165) is 12.3 Å². The lowest BCUT2D eigenvalue weighted by atomic mass is 10.1. The van der Waals surface area contributed by atoms with Crippen molar-refractivity contribution in [2.75, 3.05) is 6.54 Å². The van der Waals surface area contributed by atoms with Gasteiger partial charge in [-0.2, -0.15) is 0 Å². The topological polar surface area (TPSA) is 30.5 Å². The fourth-order valence-corrected chi connectivity index (χ4v) is 6.11. The third-order valence-corrected chi connectivity index (χ3v) is 22.0. The van der Waals surface area contributed by atoms with Crippen molar-refractivity contribution in [3.63, 3.8) is 0 Å². The number of hydrogen-bond acceptors (Lipinski definition) is 3. The molecule has 186 valence electrons. The maximum absolute atomic E-state index is 6.96. The molecular weight excluding hydrogens is 443 g/mol. The van der Waals surface area contributed by atoms with E-state index in [0.29, 0.717) is 0 Å². The minimum atomic E-state index is -1.92. The summed E-state index contributed by atoms with van der Waals surface area (Å²) in [6, 6.07) is 8.72. The van der Waals surface area contributed by atoms with Gasteiger partial charge in [0.15, 0.2) is 8.32 Å². The van der Waals surface area contributed by atoms with Crippen molar-refractivity contribution in [2.24, 2.45) is 0 Å². The molecule has 0 heterocycles. The standard InChI is InChI=1S/C26H53NO2Si3/c1-24(2,3)30(10,11)27-20-23(29-32(14,15)26(7,8)9)21-16-18-22(19-17-21)28-31(12,13)25(4,5)6/h16-19,23,27H,20H2,1-15H3. The Kier molecular flexibility index (Phi) is 8.96. The Morgan fingerprint density at radius 2 is 1.12 bits per heavy atom. The lowest BCUT2D eigenvalue weighted by Crippen LogP contribution is -2.54. The lowest BCUT2D eigenvalue weighted by Gasteiger charge is -2.42. The molecule has 6 heteroatoms. The molecule has 0 saturated carbocycles. The average molecular weight is 496 g/mol. The second-order valence-electron chi connectivity index (χ2n) is 14.1. The molecule has 32 heavy (non-hydrogen) atoms. The molecule has 0 amide bonds. The van der Waals surface area contributed by atoms with Crippen LogP contribution in [0.4, 0.5) is 0 Å². The van der Waals surface area contributed by atoms with Crippen molar-refractivity contribution in [2.45, 2.75) is 123 Å². The minimum Gasteiger partial charge on any atom is -0.544 e. The zero-order chi connectivity index (χ0) is 25.4. The minimum absolute atomic E-state index is 0.0481. The molecule has 0 saturated heterocycles. The smallest absolute Gasteiger partial charge is 0.250 e. The van der Waals surface area contributed by atoms with Gasteiger partial charge in [-0.25, -0.2) is 0 Å². The summed E-state index contributed by atoms with van der Waals surface area (Å²) in [5, 5.41) is 0.649. The van der Waals surface area contributed by atoms with Crippen LogP contribution in [-0.2, 0) is 4.43 Å². The number of rotatable bonds is 8. The van der Waals surface area contributed by atoms with Gasteiger partial charge in [0.05, 0.1) is 6.10 Å². The first-order valence-corrected chi connectivity index (χ1v) is 21.0. The molecule has 0 aliphatic rings. The Labute approximate surface area is 203 Å². The molecule has 1 unspecified atom stereocenters. The van der Waals surface area contributed by atoms with Crippen LogP contribution in [0.5, 0.6) is 5.75 Å². The van der Waals surface area contributed by atoms with E-state index >= 15 is 0 Å². The van der Waals surface area contributed by atoms with Crippen LogP contribution in [0.2, 0.25) is 54.4 Å². The number of benzene rings is 1. The van der Waals surface area contributed by atoms with Crippen molar-refractivity contribution in [3.8, 4) is 5.75 Å². The Balaban J connectivity index is 3.19. The first kappa shape index (κ1) is 29.6. The summed E-state index contributed by atoms with van der Waals surface area (Å²) in [6.07, 6.45) is 0.0481. The van der Waals surface area contributed by atoms with Crippen LogP contribution in [0.15, 0.2) is 24.3 Å². The lowest BCUT2D eigenvalue weighted by molar-refractivity contribution is 0.186. The second-order valence-corrected chi connectivity index (χ2v) is 28.6. The van der Waals surface area contributed by atoms with Gasteiger partial charge in [-0.1, -0.05) is 87.5 Å². The summed E-state index contributed by atoms with van der Waals surface area (Å²) in [6.45, 7) is 35.8. The van der Waals surface area contributed by atoms with Crippen LogP contribution in [0.1, 0.15) is 74.0 Å². The molecule has 1 aromatic rings. The average Bonchev–Trinajstić information content (AvgIpc) is 2.56. The summed E-state index contributed by atoms with van der Waals surface area (Å²) in [5.74, 6) is 0.976. The van der Waals surface area contributed by atoms with Crippen molar-refractivity contribution in [3.05, 3.63) is 29.8 Å². The highest BCUT2D eigenvalue weighted by atomic mass is 28.4. The van der Waals surface area contributed by atoms with E-state index in [4.69, 9.17) is 8.85 Å². The van der Waals surface area contributed by atoms with Crippen molar-refractivity contribution >= 4 is 24.9 Å². The SMILES string of the molecule is CC(C)(C)[Si](C)(C)NCC(O[Si](C)(C)C(C)(C)C)c1ccc(O[Si](C)(C)C(C)(C)C)cc1. The quantitative estimate of drug-likeness (QED) is 0.366. The molecular formula is C26H53NO2Si3. The number of nitrogens with one attached hydrogen (secondary N) is 1. The van der Waals surface area contributed by atoms with Gasteiger partial charge in [0, 0.05) is 6.54 Å². The maximum Gasteiger partial charge on any atom is 0.250 e. The Morgan fingerprint density at radius 3 is 1.50 bits per heavy atom. The highest BCUT2D eigenvalue weighted by molar-refractivity contribution is 6.77. The van der Waals surface area contributed by atoms with Crippen LogP contribution in [0.25, 0.3) is 0 Å². The van der Waals surface area contributed by atoms with Crippen LogP contribution in [0, 0.1) is 0 Å². The molecule has 0 aliphatic heterocycles. The largest absolute Gasteiger partial charge is 0.544 e. The van der Waals surface area contributed by atoms with Gasteiger partial charge >= 0.3 is 0 Å². The summed E-state index contributed by atoms with van der Waals surface area (Å²) in [4.78, 5) is 3.96. The highest BCUT2D eigenvalue weighted by Gasteiger charge is 2.41. The molecule has 1 rings (SSSR count). The van der Waals surface area contributed by atoms with E-state index in [1.807, 2.05) is 0 Å². The highest BCUT2D eigenvalue weighted by Crippen LogP contribution is 2.41. The Bertz CT molecular complexity index is 736.